The summed E-state index contributed by atoms with van der Waals surface area (Å²) in [6.07, 6.45) is -0.0877. The first kappa shape index (κ1) is 19.4. The van der Waals surface area contributed by atoms with Gasteiger partial charge < -0.3 is 14.2 Å². The summed E-state index contributed by atoms with van der Waals surface area (Å²) in [6, 6.07) is 2.23. The van der Waals surface area contributed by atoms with Gasteiger partial charge in [-0.25, -0.2) is 9.18 Å². The number of esters is 2. The number of hydrogen-bond donors (Lipinski definition) is 0. The number of isocyanates is 1. The Hall–Kier alpha value is -1.93. The van der Waals surface area contributed by atoms with Crippen molar-refractivity contribution >= 4 is 47.1 Å². The molecule has 0 N–H and O–H groups in total. The van der Waals surface area contributed by atoms with Crippen LogP contribution in [-0.2, 0) is 28.6 Å². The van der Waals surface area contributed by atoms with E-state index in [2.05, 4.69) is 4.99 Å². The van der Waals surface area contributed by atoms with Gasteiger partial charge in [-0.3, -0.25) is 9.59 Å². The maximum atomic E-state index is 13.5. The minimum Gasteiger partial charge on any atom is -0.456 e. The number of carbonyl (C=O) groups excluding carboxylic acids is 3. The number of nitrogens with zero attached hydrogens (tertiary/aromatic N) is 1. The minimum atomic E-state index is -0.771. The molecule has 0 aromatic heterocycles. The topological polar surface area (TPSA) is 91.3 Å². The summed E-state index contributed by atoms with van der Waals surface area (Å²) < 4.78 is 28.9. The summed E-state index contributed by atoms with van der Waals surface area (Å²) in [5.74, 6) is -1.97. The molecule has 0 saturated carbocycles. The van der Waals surface area contributed by atoms with Gasteiger partial charge in [0.15, 0.2) is 18.0 Å². The van der Waals surface area contributed by atoms with E-state index in [9.17, 15) is 18.8 Å². The van der Waals surface area contributed by atoms with E-state index in [1.165, 1.54) is 19.1 Å². The number of carbonyl (C=O) groups is 2. The standard InChI is InChI=1S/C15H13ClFNO6S/c1-8(20)23-12-4-22-5-13(12)24-15(21)6-25-14-3-11(18-7-19)10(17)2-9(14)16/h2-3,12-13H,4-6H2,1H3. The lowest BCUT2D eigenvalue weighted by Crippen LogP contribution is -2.33. The van der Waals surface area contributed by atoms with Crippen LogP contribution < -0.4 is 0 Å². The molecule has 1 aliphatic heterocycles. The Morgan fingerprint density at radius 1 is 1.40 bits per heavy atom. The zero-order valence-electron chi connectivity index (χ0n) is 13.0. The molecule has 2 atom stereocenters. The molecule has 134 valence electrons. The normalized spacial score (nSPS) is 19.2. The van der Waals surface area contributed by atoms with Gasteiger partial charge in [0.25, 0.3) is 0 Å². The lowest BCUT2D eigenvalue weighted by atomic mass is 10.2. The van der Waals surface area contributed by atoms with Gasteiger partial charge in [-0.1, -0.05) is 11.6 Å². The maximum Gasteiger partial charge on any atom is 0.316 e. The van der Waals surface area contributed by atoms with Crippen molar-refractivity contribution in [3.63, 3.8) is 0 Å². The Kier molecular flexibility index (Phi) is 6.95. The maximum absolute atomic E-state index is 13.5. The van der Waals surface area contributed by atoms with Crippen molar-refractivity contribution in [1.82, 2.24) is 0 Å². The first-order valence-corrected chi connectivity index (χ1v) is 8.41. The summed E-state index contributed by atoms with van der Waals surface area (Å²) >= 11 is 6.90. The Labute approximate surface area is 151 Å². The summed E-state index contributed by atoms with van der Waals surface area (Å²) in [7, 11) is 0. The lowest BCUT2D eigenvalue weighted by molar-refractivity contribution is -0.160. The van der Waals surface area contributed by atoms with Crippen LogP contribution in [0.1, 0.15) is 6.92 Å². The predicted molar refractivity (Wildman–Crippen MR) is 86.2 cm³/mol. The molecule has 1 heterocycles. The molecule has 0 bridgehead atoms. The van der Waals surface area contributed by atoms with E-state index in [4.69, 9.17) is 25.8 Å². The summed E-state index contributed by atoms with van der Waals surface area (Å²) in [5.41, 5.74) is -0.227. The molecule has 25 heavy (non-hydrogen) atoms. The van der Waals surface area contributed by atoms with Crippen LogP contribution in [0.25, 0.3) is 0 Å². The molecule has 0 aliphatic carbocycles. The van der Waals surface area contributed by atoms with Crippen molar-refractivity contribution in [2.24, 2.45) is 4.99 Å². The van der Waals surface area contributed by atoms with Gasteiger partial charge in [0.05, 0.1) is 24.0 Å². The zero-order valence-corrected chi connectivity index (χ0v) is 14.6. The van der Waals surface area contributed by atoms with Crippen LogP contribution in [0.3, 0.4) is 0 Å². The number of aliphatic imine (C=N–C) groups is 1. The molecule has 2 unspecified atom stereocenters. The minimum absolute atomic E-state index is 0.0714. The molecule has 1 aromatic rings. The number of hydrogen-bond acceptors (Lipinski definition) is 8. The second kappa shape index (κ2) is 8.96. The van der Waals surface area contributed by atoms with Crippen LogP contribution >= 0.6 is 23.4 Å². The Bertz CT molecular complexity index is 724. The van der Waals surface area contributed by atoms with E-state index in [1.54, 1.807) is 0 Å². The molecule has 1 saturated heterocycles. The van der Waals surface area contributed by atoms with E-state index < -0.39 is 30.0 Å². The molecule has 0 amide bonds. The van der Waals surface area contributed by atoms with Crippen molar-refractivity contribution in [2.45, 2.75) is 24.0 Å². The number of halogens is 2. The highest BCUT2D eigenvalue weighted by Crippen LogP contribution is 2.33. The highest BCUT2D eigenvalue weighted by Gasteiger charge is 2.34. The molecule has 2 rings (SSSR count). The van der Waals surface area contributed by atoms with E-state index in [-0.39, 0.29) is 29.7 Å². The molecule has 0 radical (unpaired) electrons. The number of thioether (sulfide) groups is 1. The van der Waals surface area contributed by atoms with Crippen LogP contribution in [0.5, 0.6) is 0 Å². The third kappa shape index (κ3) is 5.54. The fraction of sp³-hybridized carbons (Fsp3) is 0.400. The highest BCUT2D eigenvalue weighted by atomic mass is 35.5. The molecular formula is C15H13ClFNO6S. The predicted octanol–water partition coefficient (Wildman–Crippen LogP) is 2.41. The zero-order chi connectivity index (χ0) is 18.4. The van der Waals surface area contributed by atoms with Gasteiger partial charge in [-0.05, 0) is 12.1 Å². The Balaban J connectivity index is 1.95. The van der Waals surface area contributed by atoms with Gasteiger partial charge in [0.2, 0.25) is 6.08 Å². The summed E-state index contributed by atoms with van der Waals surface area (Å²) in [6.45, 7) is 1.54. The Morgan fingerprint density at radius 3 is 2.72 bits per heavy atom. The van der Waals surface area contributed by atoms with Crippen LogP contribution in [0.15, 0.2) is 22.0 Å². The molecular weight excluding hydrogens is 377 g/mol. The van der Waals surface area contributed by atoms with Gasteiger partial charge in [-0.15, -0.1) is 11.8 Å². The van der Waals surface area contributed by atoms with Crippen molar-refractivity contribution in [1.29, 1.82) is 0 Å². The number of ether oxygens (including phenoxy) is 3. The quantitative estimate of drug-likeness (QED) is 0.319. The second-order valence-electron chi connectivity index (χ2n) is 4.94. The molecule has 10 heteroatoms. The van der Waals surface area contributed by atoms with Crippen molar-refractivity contribution in [3.05, 3.63) is 23.0 Å². The first-order valence-electron chi connectivity index (χ1n) is 7.05. The van der Waals surface area contributed by atoms with Crippen LogP contribution in [0.2, 0.25) is 5.02 Å². The third-order valence-corrected chi connectivity index (χ3v) is 4.55. The average Bonchev–Trinajstić information content (AvgIpc) is 2.95. The summed E-state index contributed by atoms with van der Waals surface area (Å²) in [5, 5.41) is 0.0714. The van der Waals surface area contributed by atoms with E-state index in [1.807, 2.05) is 0 Å². The summed E-state index contributed by atoms with van der Waals surface area (Å²) in [4.78, 5) is 36.8. The SMILES string of the molecule is CC(=O)OC1COCC1OC(=O)CSc1cc(N=C=O)c(F)cc1Cl. The lowest BCUT2D eigenvalue weighted by Gasteiger charge is -2.17. The largest absolute Gasteiger partial charge is 0.456 e. The fourth-order valence-electron chi connectivity index (χ4n) is 2.05. The van der Waals surface area contributed by atoms with Gasteiger partial charge >= 0.3 is 11.9 Å². The van der Waals surface area contributed by atoms with Crippen molar-refractivity contribution in [2.75, 3.05) is 19.0 Å². The number of rotatable bonds is 6. The number of benzene rings is 1. The molecule has 7 nitrogen and oxygen atoms in total. The van der Waals surface area contributed by atoms with Gasteiger partial charge in [0.1, 0.15) is 5.69 Å². The third-order valence-electron chi connectivity index (χ3n) is 3.09. The second-order valence-corrected chi connectivity index (χ2v) is 6.36. The first-order chi connectivity index (χ1) is 11.9. The van der Waals surface area contributed by atoms with E-state index in [0.29, 0.717) is 4.90 Å². The van der Waals surface area contributed by atoms with E-state index >= 15 is 0 Å². The molecule has 1 fully saturated rings. The Morgan fingerprint density at radius 2 is 2.08 bits per heavy atom. The van der Waals surface area contributed by atoms with E-state index in [0.717, 1.165) is 17.8 Å². The smallest absolute Gasteiger partial charge is 0.316 e. The van der Waals surface area contributed by atoms with Crippen LogP contribution in [-0.4, -0.2) is 49.2 Å². The van der Waals surface area contributed by atoms with Gasteiger partial charge in [-0.2, -0.15) is 4.99 Å². The molecule has 1 aliphatic rings. The van der Waals surface area contributed by atoms with Crippen LogP contribution in [0, 0.1) is 5.82 Å². The average molecular weight is 390 g/mol. The fourth-order valence-corrected chi connectivity index (χ4v) is 3.10. The monoisotopic (exact) mass is 389 g/mol. The van der Waals surface area contributed by atoms with Crippen molar-refractivity contribution < 1.29 is 33.0 Å². The van der Waals surface area contributed by atoms with Crippen LogP contribution in [0.4, 0.5) is 10.1 Å². The van der Waals surface area contributed by atoms with Crippen molar-refractivity contribution in [3.8, 4) is 0 Å². The highest BCUT2D eigenvalue weighted by molar-refractivity contribution is 8.00. The molecule has 1 aromatic carbocycles. The van der Waals surface area contributed by atoms with Gasteiger partial charge in [0, 0.05) is 11.8 Å². The molecule has 0 spiro atoms.